The number of hydrogen-bond donors (Lipinski definition) is 1. The Balaban J connectivity index is 2.72. The Bertz CT molecular complexity index is 352. The summed E-state index contributed by atoms with van der Waals surface area (Å²) in [6.07, 6.45) is 1.12. The van der Waals surface area contributed by atoms with E-state index < -0.39 is 0 Å². The van der Waals surface area contributed by atoms with E-state index in [9.17, 15) is 0 Å². The first-order chi connectivity index (χ1) is 9.10. The first-order valence-electron chi connectivity index (χ1n) is 7.23. The molecule has 0 fully saturated rings. The molecule has 0 aliphatic carbocycles. The minimum absolute atomic E-state index is 0.231. The zero-order chi connectivity index (χ0) is 14.3. The molecule has 0 amide bonds. The molecule has 0 spiro atoms. The molecule has 1 heterocycles. The fourth-order valence-electron chi connectivity index (χ4n) is 2.23. The van der Waals surface area contributed by atoms with E-state index in [1.807, 2.05) is 6.92 Å². The van der Waals surface area contributed by atoms with Crippen molar-refractivity contribution >= 4 is 0 Å². The largest absolute Gasteiger partial charge is 0.374 e. The van der Waals surface area contributed by atoms with Gasteiger partial charge in [0.2, 0.25) is 5.89 Å². The van der Waals surface area contributed by atoms with Crippen LogP contribution in [0.1, 0.15) is 58.7 Å². The highest BCUT2D eigenvalue weighted by molar-refractivity contribution is 4.99. The molecule has 5 nitrogen and oxygen atoms in total. The fourth-order valence-corrected chi connectivity index (χ4v) is 2.23. The second-order valence-corrected chi connectivity index (χ2v) is 5.20. The van der Waals surface area contributed by atoms with E-state index in [0.29, 0.717) is 36.9 Å². The quantitative estimate of drug-likeness (QED) is 0.747. The second kappa shape index (κ2) is 8.27. The van der Waals surface area contributed by atoms with Crippen LogP contribution in [0.3, 0.4) is 0 Å². The van der Waals surface area contributed by atoms with Gasteiger partial charge < -0.3 is 14.6 Å². The Morgan fingerprint density at radius 2 is 2.00 bits per heavy atom. The summed E-state index contributed by atoms with van der Waals surface area (Å²) in [5.41, 5.74) is 0. The lowest BCUT2D eigenvalue weighted by Gasteiger charge is -2.24. The third-order valence-corrected chi connectivity index (χ3v) is 3.18. The topological polar surface area (TPSA) is 60.2 Å². The van der Waals surface area contributed by atoms with Crippen LogP contribution in [0, 0.1) is 5.92 Å². The van der Waals surface area contributed by atoms with E-state index in [2.05, 4.69) is 43.2 Å². The van der Waals surface area contributed by atoms with Crippen molar-refractivity contribution in [2.75, 3.05) is 13.2 Å². The van der Waals surface area contributed by atoms with Crippen molar-refractivity contribution < 1.29 is 9.26 Å². The Morgan fingerprint density at radius 3 is 2.58 bits per heavy atom. The van der Waals surface area contributed by atoms with Crippen LogP contribution in [0.5, 0.6) is 0 Å². The molecule has 2 atom stereocenters. The Morgan fingerprint density at radius 1 is 1.26 bits per heavy atom. The summed E-state index contributed by atoms with van der Waals surface area (Å²) < 4.78 is 10.7. The highest BCUT2D eigenvalue weighted by atomic mass is 16.5. The smallest absolute Gasteiger partial charge is 0.231 e. The lowest BCUT2D eigenvalue weighted by atomic mass is 9.89. The van der Waals surface area contributed by atoms with Crippen LogP contribution in [0.15, 0.2) is 4.52 Å². The Labute approximate surface area is 116 Å². The van der Waals surface area contributed by atoms with Crippen molar-refractivity contribution in [2.24, 2.45) is 5.92 Å². The Kier molecular flexibility index (Phi) is 7.02. The monoisotopic (exact) mass is 269 g/mol. The van der Waals surface area contributed by atoms with Gasteiger partial charge in [-0.15, -0.1) is 0 Å². The zero-order valence-corrected chi connectivity index (χ0v) is 12.8. The van der Waals surface area contributed by atoms with E-state index in [0.717, 1.165) is 13.0 Å². The summed E-state index contributed by atoms with van der Waals surface area (Å²) in [5.74, 6) is 2.01. The Hall–Kier alpha value is -0.940. The van der Waals surface area contributed by atoms with Gasteiger partial charge in [-0.3, -0.25) is 0 Å². The average molecular weight is 269 g/mol. The van der Waals surface area contributed by atoms with Crippen LogP contribution in [-0.2, 0) is 11.3 Å². The maximum atomic E-state index is 5.41. The summed E-state index contributed by atoms with van der Waals surface area (Å²) in [6, 6.07) is 0.320. The number of nitrogens with zero attached hydrogens (tertiary/aromatic N) is 2. The number of rotatable bonds is 9. The lowest BCUT2D eigenvalue weighted by molar-refractivity contribution is 0.126. The molecule has 19 heavy (non-hydrogen) atoms. The minimum atomic E-state index is 0.231. The molecule has 0 saturated heterocycles. The van der Waals surface area contributed by atoms with Gasteiger partial charge in [-0.25, -0.2) is 0 Å². The predicted octanol–water partition coefficient (Wildman–Crippen LogP) is 2.73. The number of hydrogen-bond acceptors (Lipinski definition) is 5. The molecule has 0 saturated carbocycles. The van der Waals surface area contributed by atoms with Crippen LogP contribution in [0.2, 0.25) is 0 Å². The normalized spacial score (nSPS) is 14.8. The van der Waals surface area contributed by atoms with Gasteiger partial charge in [0.05, 0.1) is 5.92 Å². The molecule has 1 aromatic heterocycles. The molecular formula is C14H27N3O2. The summed E-state index contributed by atoms with van der Waals surface area (Å²) in [5, 5.41) is 7.49. The molecule has 0 radical (unpaired) electrons. The van der Waals surface area contributed by atoms with E-state index in [-0.39, 0.29) is 5.92 Å². The third kappa shape index (κ3) is 4.91. The van der Waals surface area contributed by atoms with Crippen LogP contribution in [0.4, 0.5) is 0 Å². The van der Waals surface area contributed by atoms with Crippen molar-refractivity contribution in [2.45, 2.75) is 59.6 Å². The molecule has 0 bridgehead atoms. The van der Waals surface area contributed by atoms with Gasteiger partial charge in [-0.1, -0.05) is 25.9 Å². The third-order valence-electron chi connectivity index (χ3n) is 3.18. The lowest BCUT2D eigenvalue weighted by Crippen LogP contribution is -2.35. The predicted molar refractivity (Wildman–Crippen MR) is 75.0 cm³/mol. The number of ether oxygens (including phenoxy) is 1. The molecule has 5 heteroatoms. The van der Waals surface area contributed by atoms with Crippen molar-refractivity contribution in [3.63, 3.8) is 0 Å². The van der Waals surface area contributed by atoms with Gasteiger partial charge in [0.15, 0.2) is 5.82 Å². The molecule has 0 aliphatic heterocycles. The van der Waals surface area contributed by atoms with Crippen molar-refractivity contribution in [1.29, 1.82) is 0 Å². The van der Waals surface area contributed by atoms with Crippen molar-refractivity contribution in [1.82, 2.24) is 15.5 Å². The highest BCUT2D eigenvalue weighted by Gasteiger charge is 2.27. The van der Waals surface area contributed by atoms with Gasteiger partial charge in [-0.2, -0.15) is 4.98 Å². The second-order valence-electron chi connectivity index (χ2n) is 5.20. The molecular weight excluding hydrogens is 242 g/mol. The van der Waals surface area contributed by atoms with Crippen LogP contribution in [0.25, 0.3) is 0 Å². The maximum Gasteiger partial charge on any atom is 0.231 e. The molecule has 110 valence electrons. The van der Waals surface area contributed by atoms with Gasteiger partial charge >= 0.3 is 0 Å². The van der Waals surface area contributed by atoms with E-state index in [1.54, 1.807) is 0 Å². The number of aromatic nitrogens is 2. The van der Waals surface area contributed by atoms with Gasteiger partial charge in [0.25, 0.3) is 0 Å². The maximum absolute atomic E-state index is 5.41. The molecule has 1 N–H and O–H groups in total. The number of nitrogens with one attached hydrogen (secondary N) is 1. The van der Waals surface area contributed by atoms with E-state index in [1.165, 1.54) is 0 Å². The first-order valence-corrected chi connectivity index (χ1v) is 7.23. The van der Waals surface area contributed by atoms with Gasteiger partial charge in [0, 0.05) is 12.6 Å². The SMILES string of the molecule is CCCNC(C)C(c1nc(COCC)no1)C(C)C. The molecule has 2 unspecified atom stereocenters. The molecule has 0 aliphatic rings. The first kappa shape index (κ1) is 16.1. The molecule has 1 rings (SSSR count). The van der Waals surface area contributed by atoms with Crippen LogP contribution < -0.4 is 5.32 Å². The standard InChI is InChI=1S/C14H27N3O2/c1-6-8-15-11(5)13(10(3)4)14-16-12(17-19-14)9-18-7-2/h10-11,13,15H,6-9H2,1-5H3. The van der Waals surface area contributed by atoms with E-state index >= 15 is 0 Å². The van der Waals surface area contributed by atoms with E-state index in [4.69, 9.17) is 9.26 Å². The van der Waals surface area contributed by atoms with Crippen LogP contribution >= 0.6 is 0 Å². The van der Waals surface area contributed by atoms with Crippen LogP contribution in [-0.4, -0.2) is 29.3 Å². The van der Waals surface area contributed by atoms with Crippen molar-refractivity contribution in [3.8, 4) is 0 Å². The zero-order valence-electron chi connectivity index (χ0n) is 12.8. The highest BCUT2D eigenvalue weighted by Crippen LogP contribution is 2.26. The van der Waals surface area contributed by atoms with Gasteiger partial charge in [0.1, 0.15) is 6.61 Å². The average Bonchev–Trinajstić information content (AvgIpc) is 2.82. The van der Waals surface area contributed by atoms with Crippen molar-refractivity contribution in [3.05, 3.63) is 11.7 Å². The summed E-state index contributed by atoms with van der Waals surface area (Å²) >= 11 is 0. The molecule has 0 aromatic carbocycles. The summed E-state index contributed by atoms with van der Waals surface area (Å²) in [7, 11) is 0. The minimum Gasteiger partial charge on any atom is -0.374 e. The summed E-state index contributed by atoms with van der Waals surface area (Å²) in [4.78, 5) is 4.46. The fraction of sp³-hybridized carbons (Fsp3) is 0.857. The summed E-state index contributed by atoms with van der Waals surface area (Å²) in [6.45, 7) is 12.7. The van der Waals surface area contributed by atoms with Gasteiger partial charge in [-0.05, 0) is 32.7 Å². The molecule has 1 aromatic rings.